The van der Waals surface area contributed by atoms with Crippen molar-refractivity contribution in [1.29, 1.82) is 0 Å². The maximum Gasteiger partial charge on any atom is 0.176 e. The minimum atomic E-state index is -0.672. The van der Waals surface area contributed by atoms with Gasteiger partial charge in [0.05, 0.1) is 15.9 Å². The molecule has 30 heavy (non-hydrogen) atoms. The van der Waals surface area contributed by atoms with Crippen molar-refractivity contribution in [3.05, 3.63) is 52.5 Å². The van der Waals surface area contributed by atoms with Gasteiger partial charge in [-0.3, -0.25) is 4.90 Å². The molecule has 0 spiro atoms. The fourth-order valence-electron chi connectivity index (χ4n) is 4.06. The molecule has 4 heterocycles. The van der Waals surface area contributed by atoms with Crippen molar-refractivity contribution in [2.24, 2.45) is 0 Å². The SMILES string of the molecule is CCN1CCC=C(c2cc3c(Nc4c(F)cc5scnc5c4F)ccnc3s2)C1C. The van der Waals surface area contributed by atoms with Gasteiger partial charge in [0, 0.05) is 29.0 Å². The lowest BCUT2D eigenvalue weighted by Gasteiger charge is -2.32. The molecule has 1 atom stereocenters. The van der Waals surface area contributed by atoms with Crippen LogP contribution in [-0.2, 0) is 0 Å². The molecule has 8 heteroatoms. The van der Waals surface area contributed by atoms with Crippen LogP contribution in [0.2, 0.25) is 0 Å². The highest BCUT2D eigenvalue weighted by Gasteiger charge is 2.23. The third-order valence-corrected chi connectivity index (χ3v) is 7.55. The van der Waals surface area contributed by atoms with E-state index in [1.165, 1.54) is 28.5 Å². The molecule has 4 nitrogen and oxygen atoms in total. The van der Waals surface area contributed by atoms with E-state index < -0.39 is 11.6 Å². The first kappa shape index (κ1) is 19.5. The Morgan fingerprint density at radius 1 is 1.27 bits per heavy atom. The molecule has 1 N–H and O–H groups in total. The summed E-state index contributed by atoms with van der Waals surface area (Å²) >= 11 is 2.83. The highest BCUT2D eigenvalue weighted by atomic mass is 32.1. The maximum absolute atomic E-state index is 14.9. The Balaban J connectivity index is 1.56. The number of rotatable bonds is 4. The van der Waals surface area contributed by atoms with Crippen LogP contribution in [0.3, 0.4) is 0 Å². The Morgan fingerprint density at radius 2 is 2.13 bits per heavy atom. The van der Waals surface area contributed by atoms with Crippen molar-refractivity contribution in [3.8, 4) is 0 Å². The van der Waals surface area contributed by atoms with Crippen LogP contribution in [0.15, 0.2) is 36.0 Å². The first-order valence-corrected chi connectivity index (χ1v) is 11.6. The Hall–Kier alpha value is -2.42. The summed E-state index contributed by atoms with van der Waals surface area (Å²) in [4.78, 5) is 12.9. The smallest absolute Gasteiger partial charge is 0.176 e. The van der Waals surface area contributed by atoms with E-state index in [4.69, 9.17) is 0 Å². The topological polar surface area (TPSA) is 41.0 Å². The van der Waals surface area contributed by atoms with Crippen LogP contribution >= 0.6 is 22.7 Å². The maximum atomic E-state index is 14.9. The van der Waals surface area contributed by atoms with Crippen molar-refractivity contribution < 1.29 is 8.78 Å². The van der Waals surface area contributed by atoms with Crippen molar-refractivity contribution >= 4 is 60.1 Å². The summed E-state index contributed by atoms with van der Waals surface area (Å²) in [7, 11) is 0. The van der Waals surface area contributed by atoms with Crippen molar-refractivity contribution in [3.63, 3.8) is 0 Å². The molecule has 1 aliphatic heterocycles. The van der Waals surface area contributed by atoms with E-state index in [1.807, 2.05) is 0 Å². The summed E-state index contributed by atoms with van der Waals surface area (Å²) in [5.41, 5.74) is 3.44. The summed E-state index contributed by atoms with van der Waals surface area (Å²) in [5.74, 6) is -1.30. The molecule has 3 aromatic heterocycles. The number of hydrogen-bond donors (Lipinski definition) is 1. The molecule has 0 saturated heterocycles. The van der Waals surface area contributed by atoms with Gasteiger partial charge in [0.25, 0.3) is 0 Å². The van der Waals surface area contributed by atoms with E-state index in [0.717, 1.165) is 34.6 Å². The van der Waals surface area contributed by atoms with Crippen LogP contribution in [0.25, 0.3) is 26.0 Å². The van der Waals surface area contributed by atoms with Gasteiger partial charge in [-0.15, -0.1) is 22.7 Å². The molecule has 1 aliphatic rings. The number of aromatic nitrogens is 2. The fraction of sp³-hybridized carbons (Fsp3) is 0.273. The highest BCUT2D eigenvalue weighted by molar-refractivity contribution is 7.19. The standard InChI is InChI=1S/C22H20F2N4S2/c1-3-28-8-4-5-13(12(28)2)17-9-14-16(6-7-25-22(14)30-17)27-20-15(23)10-18-21(19(20)24)26-11-29-18/h5-7,9-12H,3-4,8H2,1-2H3,(H,25,27). The zero-order chi connectivity index (χ0) is 20.8. The monoisotopic (exact) mass is 442 g/mol. The van der Waals surface area contributed by atoms with Crippen molar-refractivity contribution in [2.45, 2.75) is 26.3 Å². The lowest BCUT2D eigenvalue weighted by Crippen LogP contribution is -2.36. The molecule has 0 amide bonds. The number of fused-ring (bicyclic) bond motifs is 2. The Morgan fingerprint density at radius 3 is 2.97 bits per heavy atom. The van der Waals surface area contributed by atoms with E-state index in [0.29, 0.717) is 16.4 Å². The average molecular weight is 443 g/mol. The Kier molecular flexibility index (Phi) is 5.00. The van der Waals surface area contributed by atoms with Gasteiger partial charge in [-0.05, 0) is 43.7 Å². The van der Waals surface area contributed by atoms with Gasteiger partial charge in [-0.2, -0.15) is 0 Å². The molecular weight excluding hydrogens is 422 g/mol. The number of nitrogens with one attached hydrogen (secondary N) is 1. The molecule has 0 bridgehead atoms. The normalized spacial score (nSPS) is 17.6. The lowest BCUT2D eigenvalue weighted by atomic mass is 9.99. The van der Waals surface area contributed by atoms with Crippen LogP contribution in [-0.4, -0.2) is 34.0 Å². The number of halogens is 2. The summed E-state index contributed by atoms with van der Waals surface area (Å²) in [5, 5.41) is 3.82. The minimum absolute atomic E-state index is 0.182. The molecule has 5 rings (SSSR count). The third kappa shape index (κ3) is 3.19. The molecule has 154 valence electrons. The summed E-state index contributed by atoms with van der Waals surface area (Å²) in [6, 6.07) is 5.48. The van der Waals surface area contributed by atoms with Gasteiger partial charge in [0.15, 0.2) is 11.6 Å². The molecular formula is C22H20F2N4S2. The summed E-state index contributed by atoms with van der Waals surface area (Å²) in [6.45, 7) is 6.47. The van der Waals surface area contributed by atoms with Gasteiger partial charge >= 0.3 is 0 Å². The lowest BCUT2D eigenvalue weighted by molar-refractivity contribution is 0.257. The van der Waals surface area contributed by atoms with Crippen LogP contribution in [0.1, 0.15) is 25.1 Å². The van der Waals surface area contributed by atoms with Gasteiger partial charge < -0.3 is 5.32 Å². The number of thiazole rings is 1. The third-order valence-electron chi connectivity index (χ3n) is 5.68. The molecule has 1 unspecified atom stereocenters. The number of benzene rings is 1. The van der Waals surface area contributed by atoms with Crippen molar-refractivity contribution in [2.75, 3.05) is 18.4 Å². The minimum Gasteiger partial charge on any atom is -0.350 e. The van der Waals surface area contributed by atoms with Crippen LogP contribution < -0.4 is 5.32 Å². The van der Waals surface area contributed by atoms with E-state index in [2.05, 4.69) is 46.2 Å². The number of nitrogens with zero attached hydrogens (tertiary/aromatic N) is 3. The van der Waals surface area contributed by atoms with E-state index in [-0.39, 0.29) is 11.2 Å². The Labute approximate surface area is 180 Å². The van der Waals surface area contributed by atoms with Gasteiger partial charge in [0.1, 0.15) is 16.0 Å². The second-order valence-electron chi connectivity index (χ2n) is 7.31. The number of anilines is 2. The number of thiophene rings is 1. The molecule has 4 aromatic rings. The largest absolute Gasteiger partial charge is 0.350 e. The zero-order valence-electron chi connectivity index (χ0n) is 16.6. The molecule has 0 aliphatic carbocycles. The average Bonchev–Trinajstić information content (AvgIpc) is 3.38. The molecule has 1 aromatic carbocycles. The highest BCUT2D eigenvalue weighted by Crippen LogP contribution is 2.39. The second kappa shape index (κ2) is 7.68. The van der Waals surface area contributed by atoms with Crippen molar-refractivity contribution in [1.82, 2.24) is 14.9 Å². The Bertz CT molecular complexity index is 1280. The zero-order valence-corrected chi connectivity index (χ0v) is 18.2. The second-order valence-corrected chi connectivity index (χ2v) is 9.23. The van der Waals surface area contributed by atoms with Gasteiger partial charge in [0.2, 0.25) is 0 Å². The first-order chi connectivity index (χ1) is 14.6. The predicted molar refractivity (Wildman–Crippen MR) is 122 cm³/mol. The molecule has 0 radical (unpaired) electrons. The first-order valence-electron chi connectivity index (χ1n) is 9.88. The molecule has 0 fully saturated rings. The number of pyridine rings is 1. The van der Waals surface area contributed by atoms with E-state index in [9.17, 15) is 8.78 Å². The van der Waals surface area contributed by atoms with Crippen LogP contribution in [0.4, 0.5) is 20.2 Å². The quantitative estimate of drug-likeness (QED) is 0.396. The fourth-order valence-corrected chi connectivity index (χ4v) is 5.90. The van der Waals surface area contributed by atoms with Gasteiger partial charge in [-0.25, -0.2) is 18.7 Å². The van der Waals surface area contributed by atoms with Crippen LogP contribution in [0, 0.1) is 11.6 Å². The number of hydrogen-bond acceptors (Lipinski definition) is 6. The molecule has 0 saturated carbocycles. The predicted octanol–water partition coefficient (Wildman–Crippen LogP) is 6.43. The summed E-state index contributed by atoms with van der Waals surface area (Å²) in [6.07, 6.45) is 4.98. The van der Waals surface area contributed by atoms with Crippen LogP contribution in [0.5, 0.6) is 0 Å². The van der Waals surface area contributed by atoms with E-state index in [1.54, 1.807) is 23.6 Å². The van der Waals surface area contributed by atoms with E-state index >= 15 is 0 Å². The summed E-state index contributed by atoms with van der Waals surface area (Å²) < 4.78 is 30.0. The van der Waals surface area contributed by atoms with Gasteiger partial charge in [-0.1, -0.05) is 13.0 Å². The number of likely N-dealkylation sites (N-methyl/N-ethyl adjacent to an activating group) is 1.